The maximum Gasteiger partial charge on any atom is 0.0741 e. The van der Waals surface area contributed by atoms with Crippen LogP contribution in [-0.4, -0.2) is 41.8 Å². The molecule has 3 heteroatoms. The van der Waals surface area contributed by atoms with Crippen molar-refractivity contribution in [2.75, 3.05) is 26.2 Å². The molecule has 2 aliphatic rings. The van der Waals surface area contributed by atoms with E-state index in [0.29, 0.717) is 6.54 Å². The highest BCUT2D eigenvalue weighted by molar-refractivity contribution is 4.83. The average Bonchev–Trinajstić information content (AvgIpc) is 3.13. The van der Waals surface area contributed by atoms with Gasteiger partial charge < -0.3 is 15.7 Å². The summed E-state index contributed by atoms with van der Waals surface area (Å²) in [6, 6.07) is 0. The molecule has 2 saturated carbocycles. The summed E-state index contributed by atoms with van der Waals surface area (Å²) in [5, 5.41) is 9.88. The van der Waals surface area contributed by atoms with Crippen molar-refractivity contribution in [1.29, 1.82) is 0 Å². The van der Waals surface area contributed by atoms with Gasteiger partial charge in [-0.15, -0.1) is 0 Å². The Labute approximate surface area is 105 Å². The lowest BCUT2D eigenvalue weighted by Gasteiger charge is -2.25. The van der Waals surface area contributed by atoms with Gasteiger partial charge in [0.2, 0.25) is 0 Å². The highest BCUT2D eigenvalue weighted by Gasteiger charge is 2.29. The molecule has 3 nitrogen and oxygen atoms in total. The van der Waals surface area contributed by atoms with Crippen molar-refractivity contribution in [3.8, 4) is 0 Å². The Balaban J connectivity index is 1.64. The van der Waals surface area contributed by atoms with Crippen molar-refractivity contribution in [3.63, 3.8) is 0 Å². The predicted molar refractivity (Wildman–Crippen MR) is 70.8 cm³/mol. The summed E-state index contributed by atoms with van der Waals surface area (Å²) in [4.78, 5) is 2.63. The smallest absolute Gasteiger partial charge is 0.0741 e. The molecule has 0 radical (unpaired) electrons. The van der Waals surface area contributed by atoms with Crippen LogP contribution < -0.4 is 5.73 Å². The Morgan fingerprint density at radius 3 is 2.12 bits per heavy atom. The normalized spacial score (nSPS) is 24.0. The van der Waals surface area contributed by atoms with E-state index in [2.05, 4.69) is 4.90 Å². The summed E-state index contributed by atoms with van der Waals surface area (Å²) in [7, 11) is 0. The van der Waals surface area contributed by atoms with Gasteiger partial charge in [-0.1, -0.05) is 0 Å². The molecular weight excluding hydrogens is 212 g/mol. The highest BCUT2D eigenvalue weighted by Crippen LogP contribution is 2.33. The fourth-order valence-electron chi connectivity index (χ4n) is 2.37. The molecular formula is C14H28N2O. The minimum absolute atomic E-state index is 0.373. The quantitative estimate of drug-likeness (QED) is 0.643. The molecule has 17 heavy (non-hydrogen) atoms. The lowest BCUT2D eigenvalue weighted by atomic mass is 10.0. The van der Waals surface area contributed by atoms with Crippen molar-refractivity contribution in [1.82, 2.24) is 4.90 Å². The van der Waals surface area contributed by atoms with Crippen molar-refractivity contribution in [3.05, 3.63) is 0 Å². The van der Waals surface area contributed by atoms with Gasteiger partial charge in [0.05, 0.1) is 5.60 Å². The van der Waals surface area contributed by atoms with E-state index in [1.165, 1.54) is 38.8 Å². The molecule has 3 N–H and O–H groups in total. The van der Waals surface area contributed by atoms with Crippen LogP contribution >= 0.6 is 0 Å². The van der Waals surface area contributed by atoms with Gasteiger partial charge in [-0.2, -0.15) is 0 Å². The zero-order valence-electron chi connectivity index (χ0n) is 11.2. The molecule has 2 rings (SSSR count). The van der Waals surface area contributed by atoms with Crippen molar-refractivity contribution < 1.29 is 5.11 Å². The largest absolute Gasteiger partial charge is 0.389 e. The van der Waals surface area contributed by atoms with Crippen LogP contribution in [-0.2, 0) is 0 Å². The average molecular weight is 240 g/mol. The molecule has 0 aromatic heterocycles. The van der Waals surface area contributed by atoms with E-state index >= 15 is 0 Å². The predicted octanol–water partition coefficient (Wildman–Crippen LogP) is 1.60. The first-order valence-electron chi connectivity index (χ1n) is 7.24. The van der Waals surface area contributed by atoms with Crippen LogP contribution in [0.5, 0.6) is 0 Å². The molecule has 0 aromatic rings. The maximum atomic E-state index is 9.88. The Morgan fingerprint density at radius 2 is 1.71 bits per heavy atom. The van der Waals surface area contributed by atoms with Gasteiger partial charge in [0, 0.05) is 19.6 Å². The van der Waals surface area contributed by atoms with E-state index in [9.17, 15) is 5.11 Å². The Bertz CT molecular complexity index is 220. The van der Waals surface area contributed by atoms with Crippen LogP contribution in [0, 0.1) is 11.8 Å². The molecule has 0 amide bonds. The van der Waals surface area contributed by atoms with E-state index in [1.807, 2.05) is 6.92 Å². The van der Waals surface area contributed by atoms with E-state index in [1.54, 1.807) is 0 Å². The molecule has 2 fully saturated rings. The fraction of sp³-hybridized carbons (Fsp3) is 1.00. The van der Waals surface area contributed by atoms with Crippen LogP contribution in [0.25, 0.3) is 0 Å². The van der Waals surface area contributed by atoms with Crippen LogP contribution in [0.3, 0.4) is 0 Å². The van der Waals surface area contributed by atoms with Gasteiger partial charge in [-0.25, -0.2) is 0 Å². The minimum Gasteiger partial charge on any atom is -0.389 e. The summed E-state index contributed by atoms with van der Waals surface area (Å²) in [5.74, 6) is 1.95. The van der Waals surface area contributed by atoms with Gasteiger partial charge in [0.1, 0.15) is 0 Å². The van der Waals surface area contributed by atoms with Gasteiger partial charge >= 0.3 is 0 Å². The van der Waals surface area contributed by atoms with Gasteiger partial charge in [-0.3, -0.25) is 0 Å². The molecule has 0 bridgehead atoms. The molecule has 0 spiro atoms. The number of hydrogen-bond donors (Lipinski definition) is 2. The Hall–Kier alpha value is -0.120. The molecule has 100 valence electrons. The van der Waals surface area contributed by atoms with Crippen LogP contribution in [0.4, 0.5) is 0 Å². The van der Waals surface area contributed by atoms with E-state index in [-0.39, 0.29) is 0 Å². The van der Waals surface area contributed by atoms with Crippen molar-refractivity contribution in [2.24, 2.45) is 17.6 Å². The fourth-order valence-corrected chi connectivity index (χ4v) is 2.37. The van der Waals surface area contributed by atoms with Crippen LogP contribution in [0.1, 0.15) is 45.4 Å². The summed E-state index contributed by atoms with van der Waals surface area (Å²) in [5.41, 5.74) is 4.88. The number of aliphatic hydroxyl groups is 1. The number of nitrogens with zero attached hydrogens (tertiary/aromatic N) is 1. The third-order valence-corrected chi connectivity index (χ3v) is 4.06. The summed E-state index contributed by atoms with van der Waals surface area (Å²) >= 11 is 0. The summed E-state index contributed by atoms with van der Waals surface area (Å²) < 4.78 is 0. The van der Waals surface area contributed by atoms with Crippen LogP contribution in [0.2, 0.25) is 0 Å². The van der Waals surface area contributed by atoms with Gasteiger partial charge in [0.15, 0.2) is 0 Å². The van der Waals surface area contributed by atoms with E-state index < -0.39 is 5.60 Å². The van der Waals surface area contributed by atoms with Crippen molar-refractivity contribution in [2.45, 2.75) is 51.0 Å². The summed E-state index contributed by atoms with van der Waals surface area (Å²) in [6.45, 7) is 5.95. The standard InChI is InChI=1S/C14H28N2O/c1-14(17,11-15)7-2-8-16(9-12-3-4-12)10-13-5-6-13/h12-13,17H,2-11,15H2,1H3. The van der Waals surface area contributed by atoms with E-state index in [4.69, 9.17) is 5.73 Å². The SMILES string of the molecule is CC(O)(CN)CCCN(CC1CC1)CC1CC1. The van der Waals surface area contributed by atoms with E-state index in [0.717, 1.165) is 31.2 Å². The highest BCUT2D eigenvalue weighted by atomic mass is 16.3. The van der Waals surface area contributed by atoms with Crippen molar-refractivity contribution >= 4 is 0 Å². The van der Waals surface area contributed by atoms with Gasteiger partial charge in [-0.05, 0) is 63.8 Å². The topological polar surface area (TPSA) is 49.5 Å². The maximum absolute atomic E-state index is 9.88. The lowest BCUT2D eigenvalue weighted by Crippen LogP contribution is -2.36. The first-order valence-corrected chi connectivity index (χ1v) is 7.24. The molecule has 0 aromatic carbocycles. The molecule has 0 heterocycles. The number of rotatable bonds is 9. The zero-order chi connectivity index (χ0) is 12.3. The second kappa shape index (κ2) is 5.68. The third kappa shape index (κ3) is 5.36. The summed E-state index contributed by atoms with van der Waals surface area (Å²) in [6.07, 6.45) is 7.63. The molecule has 1 atom stereocenters. The monoisotopic (exact) mass is 240 g/mol. The molecule has 1 unspecified atom stereocenters. The van der Waals surface area contributed by atoms with Crippen LogP contribution in [0.15, 0.2) is 0 Å². The first kappa shape index (κ1) is 13.3. The number of hydrogen-bond acceptors (Lipinski definition) is 3. The Morgan fingerprint density at radius 1 is 1.18 bits per heavy atom. The zero-order valence-corrected chi connectivity index (χ0v) is 11.2. The first-order chi connectivity index (χ1) is 8.09. The van der Waals surface area contributed by atoms with Gasteiger partial charge in [0.25, 0.3) is 0 Å². The minimum atomic E-state index is -0.662. The second-order valence-corrected chi connectivity index (χ2v) is 6.45. The third-order valence-electron chi connectivity index (χ3n) is 4.06. The second-order valence-electron chi connectivity index (χ2n) is 6.45. The molecule has 0 saturated heterocycles. The Kier molecular flexibility index (Phi) is 4.45. The lowest BCUT2D eigenvalue weighted by molar-refractivity contribution is 0.0540. The number of nitrogens with two attached hydrogens (primary N) is 1. The molecule has 2 aliphatic carbocycles. The molecule has 0 aliphatic heterocycles.